The highest BCUT2D eigenvalue weighted by atomic mass is 16.5. The number of rotatable bonds is 19. The lowest BCUT2D eigenvalue weighted by Crippen LogP contribution is -2.10. The number of hydrogen-bond acceptors (Lipinski definition) is 8. The number of aliphatic hydroxyl groups excluding tert-OH is 2. The minimum absolute atomic E-state index is 0.284. The monoisotopic (exact) mass is 520 g/mol. The van der Waals surface area contributed by atoms with E-state index in [1.54, 1.807) is 0 Å². The number of ether oxygens (including phenoxy) is 4. The van der Waals surface area contributed by atoms with Crippen LogP contribution in [0.1, 0.15) is 91.9 Å². The summed E-state index contributed by atoms with van der Waals surface area (Å²) in [6.45, 7) is 17.4. The van der Waals surface area contributed by atoms with E-state index in [1.807, 2.05) is 0 Å². The Bertz CT molecular complexity index is 468. The maximum Gasteiger partial charge on any atom is 0.330 e. The molecule has 216 valence electrons. The van der Waals surface area contributed by atoms with Gasteiger partial charge in [-0.25, -0.2) is 9.59 Å². The van der Waals surface area contributed by atoms with Crippen LogP contribution in [0.15, 0.2) is 25.3 Å². The molecule has 0 aliphatic rings. The van der Waals surface area contributed by atoms with Gasteiger partial charge in [0.1, 0.15) is 0 Å². The Morgan fingerprint density at radius 1 is 0.750 bits per heavy atom. The molecule has 2 N–H and O–H groups in total. The molecule has 0 spiro atoms. The van der Waals surface area contributed by atoms with Gasteiger partial charge < -0.3 is 29.2 Å². The van der Waals surface area contributed by atoms with Crippen molar-refractivity contribution in [1.29, 1.82) is 0 Å². The van der Waals surface area contributed by atoms with Gasteiger partial charge in [0.25, 0.3) is 0 Å². The van der Waals surface area contributed by atoms with Crippen molar-refractivity contribution in [2.24, 2.45) is 0 Å². The predicted molar refractivity (Wildman–Crippen MR) is 147 cm³/mol. The van der Waals surface area contributed by atoms with E-state index in [-0.39, 0.29) is 12.6 Å². The van der Waals surface area contributed by atoms with Gasteiger partial charge in [-0.2, -0.15) is 0 Å². The van der Waals surface area contributed by atoms with Crippen molar-refractivity contribution in [2.75, 3.05) is 40.6 Å². The first kappa shape index (κ1) is 41.4. The van der Waals surface area contributed by atoms with Gasteiger partial charge in [-0.1, -0.05) is 52.7 Å². The Kier molecular flexibility index (Phi) is 43.5. The van der Waals surface area contributed by atoms with Gasteiger partial charge in [0, 0.05) is 39.1 Å². The summed E-state index contributed by atoms with van der Waals surface area (Å²) in [6.07, 6.45) is 13.9. The molecule has 8 nitrogen and oxygen atoms in total. The van der Waals surface area contributed by atoms with Crippen LogP contribution >= 0.6 is 0 Å². The smallest absolute Gasteiger partial charge is 0.330 e. The standard InChI is InChI=1S/C13H24O3.C10H22O2.C4H6O2.CH4O/c1-4-6-9-12(3)15-10-7-8-11-16-13(14)5-2;1-3-4-7-10(2)12-9-6-5-8-11;1-3-4(5)6-2;1-2/h5,12H,2,4,6-11H2,1,3H3;10-11H,3-9H2,1-2H3;3H,1H2,2H3;2H,1H3. The Hall–Kier alpha value is -1.74. The lowest BCUT2D eigenvalue weighted by atomic mass is 10.2. The van der Waals surface area contributed by atoms with Crippen LogP contribution in [-0.2, 0) is 28.5 Å². The van der Waals surface area contributed by atoms with Gasteiger partial charge in [-0.05, 0) is 52.4 Å². The second kappa shape index (κ2) is 37.8. The molecule has 0 rings (SSSR count). The lowest BCUT2D eigenvalue weighted by Gasteiger charge is -2.12. The number of methoxy groups -OCH3 is 1. The fourth-order valence-electron chi connectivity index (χ4n) is 2.45. The van der Waals surface area contributed by atoms with Crippen molar-refractivity contribution in [2.45, 2.75) is 104 Å². The van der Waals surface area contributed by atoms with E-state index in [4.69, 9.17) is 24.4 Å². The van der Waals surface area contributed by atoms with E-state index in [1.165, 1.54) is 38.9 Å². The molecule has 0 heterocycles. The Balaban J connectivity index is -0.000000225. The molecule has 0 bridgehead atoms. The van der Waals surface area contributed by atoms with Crippen molar-refractivity contribution in [3.05, 3.63) is 25.3 Å². The molecule has 2 unspecified atom stereocenters. The normalized spacial score (nSPS) is 11.1. The van der Waals surface area contributed by atoms with Crippen LogP contribution in [-0.4, -0.2) is 75.0 Å². The minimum atomic E-state index is -0.394. The first-order valence-corrected chi connectivity index (χ1v) is 13.1. The number of esters is 2. The maximum absolute atomic E-state index is 10.7. The molecule has 8 heteroatoms. The largest absolute Gasteiger partial charge is 0.466 e. The van der Waals surface area contributed by atoms with Crippen LogP contribution < -0.4 is 0 Å². The van der Waals surface area contributed by atoms with Crippen LogP contribution in [0.5, 0.6) is 0 Å². The summed E-state index contributed by atoms with van der Waals surface area (Å²) in [5.74, 6) is -0.743. The SMILES string of the molecule is C=CC(=O)OC.C=CC(=O)OCCCCOC(C)CCCC.CCCCC(C)OCCCCO.CO. The lowest BCUT2D eigenvalue weighted by molar-refractivity contribution is -0.138. The van der Waals surface area contributed by atoms with E-state index in [9.17, 15) is 9.59 Å². The number of carbonyl (C=O) groups excluding carboxylic acids is 2. The zero-order valence-electron chi connectivity index (χ0n) is 24.0. The quantitative estimate of drug-likeness (QED) is 0.132. The highest BCUT2D eigenvalue weighted by molar-refractivity contribution is 5.81. The third kappa shape index (κ3) is 42.4. The summed E-state index contributed by atoms with van der Waals surface area (Å²) in [6, 6.07) is 0. The van der Waals surface area contributed by atoms with Crippen LogP contribution in [0.25, 0.3) is 0 Å². The fourth-order valence-corrected chi connectivity index (χ4v) is 2.45. The average Bonchev–Trinajstić information content (AvgIpc) is 2.91. The molecule has 2 atom stereocenters. The van der Waals surface area contributed by atoms with Crippen LogP contribution in [0.2, 0.25) is 0 Å². The molecule has 0 fully saturated rings. The molecule has 0 aliphatic carbocycles. The van der Waals surface area contributed by atoms with Crippen LogP contribution in [0.4, 0.5) is 0 Å². The molecule has 0 saturated carbocycles. The molecule has 0 radical (unpaired) electrons. The molecular formula is C28H56O8. The van der Waals surface area contributed by atoms with E-state index < -0.39 is 5.97 Å². The van der Waals surface area contributed by atoms with Crippen molar-refractivity contribution >= 4 is 11.9 Å². The topological polar surface area (TPSA) is 112 Å². The van der Waals surface area contributed by atoms with Crippen molar-refractivity contribution in [3.63, 3.8) is 0 Å². The first-order valence-electron chi connectivity index (χ1n) is 13.1. The highest BCUT2D eigenvalue weighted by Crippen LogP contribution is 2.05. The molecular weight excluding hydrogens is 464 g/mol. The summed E-state index contributed by atoms with van der Waals surface area (Å²) < 4.78 is 20.1. The van der Waals surface area contributed by atoms with Gasteiger partial charge in [-0.3, -0.25) is 0 Å². The molecule has 0 amide bonds. The van der Waals surface area contributed by atoms with Crippen LogP contribution in [0.3, 0.4) is 0 Å². The third-order valence-corrected chi connectivity index (χ3v) is 4.60. The summed E-state index contributed by atoms with van der Waals surface area (Å²) in [5.41, 5.74) is 0. The Labute approximate surface area is 221 Å². The minimum Gasteiger partial charge on any atom is -0.466 e. The van der Waals surface area contributed by atoms with Gasteiger partial charge in [0.2, 0.25) is 0 Å². The van der Waals surface area contributed by atoms with Crippen LogP contribution in [0, 0.1) is 0 Å². The van der Waals surface area contributed by atoms with Gasteiger partial charge in [-0.15, -0.1) is 0 Å². The second-order valence-corrected chi connectivity index (χ2v) is 7.88. The van der Waals surface area contributed by atoms with Gasteiger partial charge in [0.15, 0.2) is 0 Å². The molecule has 0 aromatic rings. The van der Waals surface area contributed by atoms with E-state index in [0.29, 0.717) is 18.8 Å². The number of carbonyl (C=O) groups is 2. The summed E-state index contributed by atoms with van der Waals surface area (Å²) in [7, 11) is 2.31. The van der Waals surface area contributed by atoms with Crippen molar-refractivity contribution in [3.8, 4) is 0 Å². The third-order valence-electron chi connectivity index (χ3n) is 4.60. The van der Waals surface area contributed by atoms with Crippen molar-refractivity contribution in [1.82, 2.24) is 0 Å². The van der Waals surface area contributed by atoms with E-state index >= 15 is 0 Å². The van der Waals surface area contributed by atoms with Gasteiger partial charge >= 0.3 is 11.9 Å². The van der Waals surface area contributed by atoms with Crippen molar-refractivity contribution < 1.29 is 38.7 Å². The fraction of sp³-hybridized carbons (Fsp3) is 0.786. The number of aliphatic hydroxyl groups is 2. The van der Waals surface area contributed by atoms with Gasteiger partial charge in [0.05, 0.1) is 25.9 Å². The molecule has 36 heavy (non-hydrogen) atoms. The molecule has 0 saturated heterocycles. The summed E-state index contributed by atoms with van der Waals surface area (Å²) in [4.78, 5) is 20.5. The Morgan fingerprint density at radius 3 is 1.50 bits per heavy atom. The zero-order valence-corrected chi connectivity index (χ0v) is 24.0. The molecule has 0 aromatic heterocycles. The summed E-state index contributed by atoms with van der Waals surface area (Å²) in [5, 5.41) is 15.5. The second-order valence-electron chi connectivity index (χ2n) is 7.88. The first-order chi connectivity index (χ1) is 17.3. The maximum atomic E-state index is 10.7. The number of unbranched alkanes of at least 4 members (excludes halogenated alkanes) is 4. The average molecular weight is 521 g/mol. The van der Waals surface area contributed by atoms with E-state index in [0.717, 1.165) is 64.9 Å². The predicted octanol–water partition coefficient (Wildman–Crippen LogP) is 5.40. The summed E-state index contributed by atoms with van der Waals surface area (Å²) >= 11 is 0. The zero-order chi connectivity index (χ0) is 28.5. The Morgan fingerprint density at radius 2 is 1.17 bits per heavy atom. The van der Waals surface area contributed by atoms with E-state index in [2.05, 4.69) is 45.6 Å². The number of hydrogen-bond donors (Lipinski definition) is 2. The molecule has 0 aliphatic heterocycles. The highest BCUT2D eigenvalue weighted by Gasteiger charge is 2.01. The molecule has 0 aromatic carbocycles.